The molecule has 0 atom stereocenters. The molecule has 0 spiro atoms. The minimum atomic E-state index is -0.728. The normalized spacial score (nSPS) is 10.6. The van der Waals surface area contributed by atoms with Crippen LogP contribution in [0.1, 0.15) is 31.2 Å². The quantitative estimate of drug-likeness (QED) is 0.717. The molecular weight excluding hydrogens is 273 g/mol. The molecule has 1 rings (SSSR count). The molecular formula is C13H17Cl2NO2. The average Bonchev–Trinajstić information content (AvgIpc) is 2.32. The minimum absolute atomic E-state index is 0.250. The van der Waals surface area contributed by atoms with Crippen molar-refractivity contribution in [3.8, 4) is 0 Å². The molecule has 0 heterocycles. The Morgan fingerprint density at radius 1 is 1.22 bits per heavy atom. The Morgan fingerprint density at radius 3 is 2.72 bits per heavy atom. The summed E-state index contributed by atoms with van der Waals surface area (Å²) in [7, 11) is 0. The van der Waals surface area contributed by atoms with Gasteiger partial charge in [0.05, 0.1) is 10.0 Å². The zero-order valence-electron chi connectivity index (χ0n) is 10.1. The van der Waals surface area contributed by atoms with E-state index in [4.69, 9.17) is 28.3 Å². The molecule has 1 aromatic rings. The number of unbranched alkanes of at least 4 members (excludes halogenated alkanes) is 2. The van der Waals surface area contributed by atoms with Crippen molar-refractivity contribution in [1.82, 2.24) is 5.32 Å². The van der Waals surface area contributed by atoms with Gasteiger partial charge in [-0.25, -0.2) is 0 Å². The number of hydrogen-bond donors (Lipinski definition) is 2. The predicted molar refractivity (Wildman–Crippen MR) is 74.3 cm³/mol. The van der Waals surface area contributed by atoms with Crippen molar-refractivity contribution in [2.45, 2.75) is 32.2 Å². The smallest absolute Gasteiger partial charge is 0.303 e. The molecule has 0 unspecified atom stereocenters. The molecule has 0 aliphatic carbocycles. The molecule has 3 nitrogen and oxygen atoms in total. The van der Waals surface area contributed by atoms with E-state index in [1.807, 2.05) is 12.1 Å². The fourth-order valence-corrected chi connectivity index (χ4v) is 2.00. The SMILES string of the molecule is O=C(O)CCCCCNCc1cccc(Cl)c1Cl. The fraction of sp³-hybridized carbons (Fsp3) is 0.462. The lowest BCUT2D eigenvalue weighted by atomic mass is 10.2. The maximum absolute atomic E-state index is 10.3. The number of nitrogens with one attached hydrogen (secondary N) is 1. The summed E-state index contributed by atoms with van der Waals surface area (Å²) in [5.41, 5.74) is 0.981. The van der Waals surface area contributed by atoms with Gasteiger partial charge in [-0.2, -0.15) is 0 Å². The topological polar surface area (TPSA) is 49.3 Å². The Hall–Kier alpha value is -0.770. The van der Waals surface area contributed by atoms with Gasteiger partial charge in [-0.15, -0.1) is 0 Å². The predicted octanol–water partition coefficient (Wildman–Crippen LogP) is 3.73. The number of hydrogen-bond acceptors (Lipinski definition) is 2. The first-order valence-corrected chi connectivity index (χ1v) is 6.72. The highest BCUT2D eigenvalue weighted by atomic mass is 35.5. The van der Waals surface area contributed by atoms with Crippen LogP contribution in [0, 0.1) is 0 Å². The van der Waals surface area contributed by atoms with E-state index < -0.39 is 5.97 Å². The van der Waals surface area contributed by atoms with E-state index >= 15 is 0 Å². The van der Waals surface area contributed by atoms with Crippen LogP contribution in [-0.4, -0.2) is 17.6 Å². The van der Waals surface area contributed by atoms with Crippen molar-refractivity contribution in [3.63, 3.8) is 0 Å². The van der Waals surface area contributed by atoms with Crippen LogP contribution in [0.25, 0.3) is 0 Å². The second-order valence-electron chi connectivity index (χ2n) is 4.09. The summed E-state index contributed by atoms with van der Waals surface area (Å²) >= 11 is 12.0. The summed E-state index contributed by atoms with van der Waals surface area (Å²) in [5.74, 6) is -0.728. The maximum Gasteiger partial charge on any atom is 0.303 e. The van der Waals surface area contributed by atoms with Crippen molar-refractivity contribution in [2.75, 3.05) is 6.54 Å². The maximum atomic E-state index is 10.3. The van der Waals surface area contributed by atoms with Crippen LogP contribution in [0.3, 0.4) is 0 Å². The van der Waals surface area contributed by atoms with Gasteiger partial charge >= 0.3 is 5.97 Å². The Labute approximate surface area is 117 Å². The monoisotopic (exact) mass is 289 g/mol. The molecule has 18 heavy (non-hydrogen) atoms. The minimum Gasteiger partial charge on any atom is -0.481 e. The summed E-state index contributed by atoms with van der Waals surface area (Å²) in [6.07, 6.45) is 2.86. The lowest BCUT2D eigenvalue weighted by Crippen LogP contribution is -2.15. The highest BCUT2D eigenvalue weighted by molar-refractivity contribution is 6.42. The van der Waals surface area contributed by atoms with Gasteiger partial charge in [-0.05, 0) is 31.0 Å². The van der Waals surface area contributed by atoms with Crippen molar-refractivity contribution in [2.24, 2.45) is 0 Å². The van der Waals surface area contributed by atoms with Gasteiger partial charge in [0, 0.05) is 13.0 Å². The van der Waals surface area contributed by atoms with Gasteiger partial charge in [0.25, 0.3) is 0 Å². The highest BCUT2D eigenvalue weighted by Crippen LogP contribution is 2.25. The Kier molecular flexibility index (Phi) is 7.09. The largest absolute Gasteiger partial charge is 0.481 e. The summed E-state index contributed by atoms with van der Waals surface area (Å²) in [6.45, 7) is 1.53. The fourth-order valence-electron chi connectivity index (χ4n) is 1.61. The van der Waals surface area contributed by atoms with E-state index in [1.54, 1.807) is 6.07 Å². The zero-order valence-corrected chi connectivity index (χ0v) is 11.6. The van der Waals surface area contributed by atoms with Crippen LogP contribution in [0.15, 0.2) is 18.2 Å². The van der Waals surface area contributed by atoms with Crippen LogP contribution in [-0.2, 0) is 11.3 Å². The van der Waals surface area contributed by atoms with Gasteiger partial charge in [0.1, 0.15) is 0 Å². The molecule has 0 aliphatic rings. The summed E-state index contributed by atoms with van der Waals surface area (Å²) < 4.78 is 0. The van der Waals surface area contributed by atoms with Crippen LogP contribution < -0.4 is 5.32 Å². The van der Waals surface area contributed by atoms with Gasteiger partial charge < -0.3 is 10.4 Å². The molecule has 1 aromatic carbocycles. The van der Waals surface area contributed by atoms with Gasteiger partial charge in [0.15, 0.2) is 0 Å². The summed E-state index contributed by atoms with van der Waals surface area (Å²) in [6, 6.07) is 5.57. The van der Waals surface area contributed by atoms with Crippen molar-refractivity contribution >= 4 is 29.2 Å². The highest BCUT2D eigenvalue weighted by Gasteiger charge is 2.03. The lowest BCUT2D eigenvalue weighted by Gasteiger charge is -2.07. The molecule has 100 valence electrons. The third-order valence-corrected chi connectivity index (χ3v) is 3.45. The molecule has 0 fully saturated rings. The number of halogens is 2. The molecule has 0 radical (unpaired) electrons. The zero-order chi connectivity index (χ0) is 13.4. The first kappa shape index (κ1) is 15.3. The van der Waals surface area contributed by atoms with Gasteiger partial charge in [-0.3, -0.25) is 4.79 Å². The molecule has 2 N–H and O–H groups in total. The van der Waals surface area contributed by atoms with E-state index in [-0.39, 0.29) is 6.42 Å². The molecule has 0 amide bonds. The summed E-state index contributed by atoms with van der Waals surface area (Å²) in [4.78, 5) is 10.3. The third kappa shape index (κ3) is 5.71. The van der Waals surface area contributed by atoms with Crippen molar-refractivity contribution < 1.29 is 9.90 Å². The molecule has 5 heteroatoms. The van der Waals surface area contributed by atoms with Crippen LogP contribution in [0.4, 0.5) is 0 Å². The van der Waals surface area contributed by atoms with Crippen molar-refractivity contribution in [1.29, 1.82) is 0 Å². The number of aliphatic carboxylic acids is 1. The first-order valence-electron chi connectivity index (χ1n) is 5.96. The molecule has 0 bridgehead atoms. The second kappa shape index (κ2) is 8.35. The summed E-state index contributed by atoms with van der Waals surface area (Å²) in [5, 5.41) is 12.9. The standard InChI is InChI=1S/C13H17Cl2NO2/c14-11-6-4-5-10(13(11)15)9-16-8-3-1-2-7-12(17)18/h4-6,16H,1-3,7-9H2,(H,17,18). The number of carboxylic acids is 1. The molecule has 0 aromatic heterocycles. The molecule has 0 aliphatic heterocycles. The number of benzene rings is 1. The molecule has 0 saturated carbocycles. The first-order chi connectivity index (χ1) is 8.61. The van der Waals surface area contributed by atoms with Gasteiger partial charge in [-0.1, -0.05) is 41.8 Å². The van der Waals surface area contributed by atoms with E-state index in [1.165, 1.54) is 0 Å². The average molecular weight is 290 g/mol. The lowest BCUT2D eigenvalue weighted by molar-refractivity contribution is -0.137. The Balaban J connectivity index is 2.14. The second-order valence-corrected chi connectivity index (χ2v) is 4.88. The van der Waals surface area contributed by atoms with Gasteiger partial charge in [0.2, 0.25) is 0 Å². The van der Waals surface area contributed by atoms with Crippen LogP contribution in [0.2, 0.25) is 10.0 Å². The Bertz CT molecular complexity index is 397. The number of rotatable bonds is 8. The van der Waals surface area contributed by atoms with Crippen molar-refractivity contribution in [3.05, 3.63) is 33.8 Å². The van der Waals surface area contributed by atoms with E-state index in [2.05, 4.69) is 5.32 Å². The van der Waals surface area contributed by atoms with Crippen LogP contribution in [0.5, 0.6) is 0 Å². The Morgan fingerprint density at radius 2 is 2.00 bits per heavy atom. The van der Waals surface area contributed by atoms with E-state index in [9.17, 15) is 4.79 Å². The molecule has 0 saturated heterocycles. The van der Waals surface area contributed by atoms with Crippen LogP contribution >= 0.6 is 23.2 Å². The number of carboxylic acid groups (broad SMARTS) is 1. The van der Waals surface area contributed by atoms with E-state index in [0.29, 0.717) is 16.6 Å². The third-order valence-electron chi connectivity index (χ3n) is 2.59. The van der Waals surface area contributed by atoms with E-state index in [0.717, 1.165) is 31.4 Å². The number of carbonyl (C=O) groups is 1.